The van der Waals surface area contributed by atoms with Gasteiger partial charge < -0.3 is 13.8 Å². The second kappa shape index (κ2) is 6.88. The van der Waals surface area contributed by atoms with E-state index >= 15 is 0 Å². The molecule has 25 heavy (non-hydrogen) atoms. The van der Waals surface area contributed by atoms with Crippen molar-refractivity contribution in [2.75, 3.05) is 13.7 Å². The van der Waals surface area contributed by atoms with Crippen molar-refractivity contribution in [3.8, 4) is 0 Å². The minimum absolute atomic E-state index is 0.00625. The van der Waals surface area contributed by atoms with Crippen molar-refractivity contribution in [3.05, 3.63) is 41.0 Å². The molecule has 132 valence electrons. The molecular formula is C14H14N4O5S2. The fraction of sp³-hybridized carbons (Fsp3) is 0.214. The van der Waals surface area contributed by atoms with E-state index < -0.39 is 15.9 Å². The highest BCUT2D eigenvalue weighted by molar-refractivity contribution is 7.89. The summed E-state index contributed by atoms with van der Waals surface area (Å²) in [7, 11) is -2.26. The van der Waals surface area contributed by atoms with Crippen LogP contribution >= 0.6 is 11.3 Å². The number of hydrogen-bond acceptors (Lipinski definition) is 7. The zero-order valence-corrected chi connectivity index (χ0v) is 14.7. The molecule has 2 heterocycles. The second-order valence-electron chi connectivity index (χ2n) is 5.00. The first kappa shape index (κ1) is 17.5. The fourth-order valence-electron chi connectivity index (χ4n) is 2.18. The number of fused-ring (bicyclic) bond motifs is 1. The van der Waals surface area contributed by atoms with Crippen LogP contribution in [0.15, 0.2) is 44.9 Å². The number of amides is 1. The molecule has 0 spiro atoms. The Kier molecular flexibility index (Phi) is 4.81. The number of benzene rings is 1. The van der Waals surface area contributed by atoms with E-state index in [-0.39, 0.29) is 10.7 Å². The molecule has 0 bridgehead atoms. The van der Waals surface area contributed by atoms with Gasteiger partial charge in [0.15, 0.2) is 4.80 Å². The minimum Gasteiger partial charge on any atom is -0.383 e. The molecule has 1 amide bonds. The lowest BCUT2D eigenvalue weighted by Gasteiger charge is -2.04. The molecule has 0 saturated heterocycles. The van der Waals surface area contributed by atoms with Gasteiger partial charge in [-0.05, 0) is 18.2 Å². The smallest absolute Gasteiger partial charge is 0.318 e. The third-order valence-corrected chi connectivity index (χ3v) is 5.30. The van der Waals surface area contributed by atoms with E-state index in [4.69, 9.17) is 14.4 Å². The first-order valence-corrected chi connectivity index (χ1v) is 9.41. The number of ether oxygens (including phenoxy) is 1. The van der Waals surface area contributed by atoms with Crippen LogP contribution in [0, 0.1) is 0 Å². The van der Waals surface area contributed by atoms with Gasteiger partial charge in [-0.2, -0.15) is 4.99 Å². The molecule has 11 heteroatoms. The molecular weight excluding hydrogens is 368 g/mol. The normalized spacial score (nSPS) is 12.8. The topological polar surface area (TPSA) is 130 Å². The number of hydrogen-bond donors (Lipinski definition) is 1. The molecule has 0 aliphatic rings. The zero-order valence-electron chi connectivity index (χ0n) is 13.1. The molecule has 9 nitrogen and oxygen atoms in total. The summed E-state index contributed by atoms with van der Waals surface area (Å²) in [5.41, 5.74) is 0.721. The minimum atomic E-state index is -3.82. The van der Waals surface area contributed by atoms with Crippen LogP contribution < -0.4 is 9.94 Å². The van der Waals surface area contributed by atoms with Gasteiger partial charge >= 0.3 is 5.91 Å². The number of thiazole rings is 1. The van der Waals surface area contributed by atoms with Gasteiger partial charge in [-0.25, -0.2) is 13.6 Å². The lowest BCUT2D eigenvalue weighted by molar-refractivity contribution is 0.0962. The Hall–Kier alpha value is -2.34. The Morgan fingerprint density at radius 1 is 1.44 bits per heavy atom. The standard InChI is InChI=1S/C14H14N4O5S2/c1-22-7-6-18-10-3-2-9(25(15,20)21)8-12(10)24-14(18)17-13(19)11-4-5-16-23-11/h2-5,8H,6-7H2,1H3,(H2,15,20,21). The van der Waals surface area contributed by atoms with Crippen LogP contribution in [0.5, 0.6) is 0 Å². The van der Waals surface area contributed by atoms with Crippen LogP contribution in [-0.2, 0) is 21.3 Å². The Labute approximate surface area is 146 Å². The van der Waals surface area contributed by atoms with Crippen molar-refractivity contribution in [1.82, 2.24) is 9.72 Å². The lowest BCUT2D eigenvalue weighted by atomic mass is 10.3. The quantitative estimate of drug-likeness (QED) is 0.692. The van der Waals surface area contributed by atoms with Crippen molar-refractivity contribution < 1.29 is 22.5 Å². The summed E-state index contributed by atoms with van der Waals surface area (Å²) >= 11 is 1.17. The lowest BCUT2D eigenvalue weighted by Crippen LogP contribution is -2.19. The fourth-order valence-corrected chi connectivity index (χ4v) is 3.89. The first-order valence-electron chi connectivity index (χ1n) is 7.05. The van der Waals surface area contributed by atoms with E-state index in [2.05, 4.69) is 10.1 Å². The van der Waals surface area contributed by atoms with Crippen LogP contribution in [0.25, 0.3) is 10.2 Å². The maximum atomic E-state index is 12.1. The van der Waals surface area contributed by atoms with Crippen LogP contribution in [0.2, 0.25) is 0 Å². The summed E-state index contributed by atoms with van der Waals surface area (Å²) in [5.74, 6) is -0.567. The van der Waals surface area contributed by atoms with Crippen LogP contribution in [0.1, 0.15) is 10.6 Å². The highest BCUT2D eigenvalue weighted by atomic mass is 32.2. The monoisotopic (exact) mass is 382 g/mol. The van der Waals surface area contributed by atoms with Crippen LogP contribution in [-0.4, -0.2) is 37.8 Å². The molecule has 1 aromatic carbocycles. The molecule has 0 saturated carbocycles. The zero-order chi connectivity index (χ0) is 18.0. The number of carbonyl (C=O) groups excluding carboxylic acids is 1. The van der Waals surface area contributed by atoms with E-state index in [9.17, 15) is 13.2 Å². The Bertz CT molecular complexity index is 1080. The molecule has 2 aromatic heterocycles. The Morgan fingerprint density at radius 2 is 2.24 bits per heavy atom. The Balaban J connectivity index is 2.17. The van der Waals surface area contributed by atoms with E-state index in [1.165, 1.54) is 35.7 Å². The largest absolute Gasteiger partial charge is 0.383 e. The number of sulfonamides is 1. The summed E-state index contributed by atoms with van der Waals surface area (Å²) in [5, 5.41) is 8.65. The molecule has 0 radical (unpaired) electrons. The van der Waals surface area contributed by atoms with Gasteiger partial charge in [0.25, 0.3) is 0 Å². The van der Waals surface area contributed by atoms with Gasteiger partial charge in [0.05, 0.1) is 27.9 Å². The number of rotatable bonds is 5. The maximum Gasteiger partial charge on any atom is 0.318 e. The van der Waals surface area contributed by atoms with Crippen molar-refractivity contribution >= 4 is 37.5 Å². The number of methoxy groups -OCH3 is 1. The van der Waals surface area contributed by atoms with E-state index in [1.807, 2.05) is 0 Å². The summed E-state index contributed by atoms with van der Waals surface area (Å²) in [6, 6.07) is 5.91. The van der Waals surface area contributed by atoms with E-state index in [1.54, 1.807) is 17.7 Å². The van der Waals surface area contributed by atoms with Crippen LogP contribution in [0.3, 0.4) is 0 Å². The molecule has 0 atom stereocenters. The highest BCUT2D eigenvalue weighted by Gasteiger charge is 2.14. The molecule has 0 aliphatic carbocycles. The predicted octanol–water partition coefficient (Wildman–Crippen LogP) is 0.726. The Morgan fingerprint density at radius 3 is 2.88 bits per heavy atom. The molecule has 3 aromatic rings. The average Bonchev–Trinajstić information content (AvgIpc) is 3.19. The van der Waals surface area contributed by atoms with Crippen molar-refractivity contribution in [2.45, 2.75) is 11.4 Å². The van der Waals surface area contributed by atoms with Crippen molar-refractivity contribution in [2.24, 2.45) is 10.1 Å². The van der Waals surface area contributed by atoms with Gasteiger partial charge in [0, 0.05) is 19.7 Å². The third kappa shape index (κ3) is 3.69. The number of nitrogens with two attached hydrogens (primary N) is 1. The number of primary sulfonamides is 1. The van der Waals surface area contributed by atoms with Gasteiger partial charge in [-0.1, -0.05) is 16.5 Å². The number of carbonyl (C=O) groups is 1. The van der Waals surface area contributed by atoms with Crippen molar-refractivity contribution in [3.63, 3.8) is 0 Å². The van der Waals surface area contributed by atoms with Crippen molar-refractivity contribution in [1.29, 1.82) is 0 Å². The summed E-state index contributed by atoms with van der Waals surface area (Å²) in [4.78, 5) is 16.6. The van der Waals surface area contributed by atoms with E-state index in [0.717, 1.165) is 5.52 Å². The summed E-state index contributed by atoms with van der Waals surface area (Å²) in [6.45, 7) is 0.834. The van der Waals surface area contributed by atoms with Gasteiger partial charge in [0.1, 0.15) is 0 Å². The summed E-state index contributed by atoms with van der Waals surface area (Å²) in [6.07, 6.45) is 1.35. The summed E-state index contributed by atoms with van der Waals surface area (Å²) < 4.78 is 35.4. The predicted molar refractivity (Wildman–Crippen MR) is 89.5 cm³/mol. The van der Waals surface area contributed by atoms with Gasteiger partial charge in [0.2, 0.25) is 15.8 Å². The van der Waals surface area contributed by atoms with Gasteiger partial charge in [-0.3, -0.25) is 4.79 Å². The van der Waals surface area contributed by atoms with E-state index in [0.29, 0.717) is 22.7 Å². The molecule has 0 fully saturated rings. The SMILES string of the molecule is COCCn1c(=NC(=O)c2ccno2)sc2cc(S(N)(=O)=O)ccc21. The second-order valence-corrected chi connectivity index (χ2v) is 7.57. The number of nitrogens with zero attached hydrogens (tertiary/aromatic N) is 3. The number of aromatic nitrogens is 2. The highest BCUT2D eigenvalue weighted by Crippen LogP contribution is 2.21. The maximum absolute atomic E-state index is 12.1. The average molecular weight is 382 g/mol. The molecule has 2 N–H and O–H groups in total. The van der Waals surface area contributed by atoms with Gasteiger partial charge in [-0.15, -0.1) is 0 Å². The molecule has 0 unspecified atom stereocenters. The van der Waals surface area contributed by atoms with Crippen LogP contribution in [0.4, 0.5) is 0 Å². The molecule has 0 aliphatic heterocycles. The first-order chi connectivity index (χ1) is 11.9. The molecule has 3 rings (SSSR count). The third-order valence-electron chi connectivity index (χ3n) is 3.35.